The second kappa shape index (κ2) is 23.2. The Morgan fingerprint density at radius 2 is 1.33 bits per heavy atom. The van der Waals surface area contributed by atoms with Crippen LogP contribution < -0.4 is 38.5 Å². The highest BCUT2D eigenvalue weighted by Gasteiger charge is 2.46. The number of carbonyl (C=O) groups is 7. The number of likely N-dealkylation sites (tertiary alicyclic amines) is 1. The largest absolute Gasteiger partial charge is 0.508 e. The van der Waals surface area contributed by atoms with Crippen molar-refractivity contribution in [2.45, 2.75) is 56.2 Å². The van der Waals surface area contributed by atoms with E-state index >= 15 is 0 Å². The van der Waals surface area contributed by atoms with Gasteiger partial charge in [0.2, 0.25) is 34.7 Å². The number of β-lactam (4-membered cyclic amide) rings is 1. The Hall–Kier alpha value is -7.08. The predicted molar refractivity (Wildman–Crippen MR) is 220 cm³/mol. The van der Waals surface area contributed by atoms with Crippen LogP contribution in [0.25, 0.3) is 0 Å². The molecule has 340 valence electrons. The fourth-order valence-electron chi connectivity index (χ4n) is 5.68. The Labute approximate surface area is 361 Å². The molecule has 1 aliphatic heterocycles. The fourth-order valence-corrected chi connectivity index (χ4v) is 6.51. The highest BCUT2D eigenvalue weighted by molar-refractivity contribution is 8.13. The van der Waals surface area contributed by atoms with E-state index in [-0.39, 0.29) is 72.9 Å². The molecule has 0 aromatic heterocycles. The molecular formula is C39H46F3N9O11S. The normalized spacial score (nSPS) is 15.1. The van der Waals surface area contributed by atoms with Crippen molar-refractivity contribution in [2.75, 3.05) is 25.4 Å². The second-order valence-electron chi connectivity index (χ2n) is 13.6. The van der Waals surface area contributed by atoms with Crippen molar-refractivity contribution in [1.29, 1.82) is 0 Å². The number of benzene rings is 3. The summed E-state index contributed by atoms with van der Waals surface area (Å²) < 4.78 is 31.7. The standard InChI is InChI=1S/C37H45N9O9S.C2HF3O2/c1-20(47)41-17-18-56-36(55)31(23-8-14-26(50)15-9-23)46-19-28(35(46)54)44-34(53)30(22-6-12-25(49)13-7-22)45-32(51)27(3-2-16-42-37(39)40)43-33(52)29(38)21-4-10-24(48)11-5-21;3-2(4,5)1(6)7/h4-15,27-31,48-50H,2-3,16-19,38H2,1H3,(H,41,47)(H,43,52)(H,44,53)(H,45,51)(H4,39,40,42);(H,6,7)/t27-,28-,29+,30+,31+;/m0./s1. The third-order valence-corrected chi connectivity index (χ3v) is 9.79. The lowest BCUT2D eigenvalue weighted by molar-refractivity contribution is -0.192. The number of guanidine groups is 1. The first-order valence-corrected chi connectivity index (χ1v) is 19.7. The molecule has 14 N–H and O–H groups in total. The highest BCUT2D eigenvalue weighted by atomic mass is 32.2. The summed E-state index contributed by atoms with van der Waals surface area (Å²) in [5.41, 5.74) is 18.0. The van der Waals surface area contributed by atoms with Gasteiger partial charge in [0.1, 0.15) is 47.5 Å². The number of aliphatic imine (C=N–C) groups is 1. The number of halogens is 3. The van der Waals surface area contributed by atoms with Gasteiger partial charge in [-0.2, -0.15) is 13.2 Å². The Kier molecular flexibility index (Phi) is 18.5. The lowest BCUT2D eigenvalue weighted by atomic mass is 9.98. The number of phenols is 3. The summed E-state index contributed by atoms with van der Waals surface area (Å²) in [4.78, 5) is 93.3. The number of carboxylic acids is 1. The number of aromatic hydroxyl groups is 3. The molecule has 5 atom stereocenters. The molecule has 24 heteroatoms. The molecule has 0 spiro atoms. The Balaban J connectivity index is 0.00000139. The van der Waals surface area contributed by atoms with Crippen LogP contribution in [-0.4, -0.2) is 116 Å². The summed E-state index contributed by atoms with van der Waals surface area (Å²) >= 11 is 0.914. The maximum absolute atomic E-state index is 13.9. The average Bonchev–Trinajstić information content (AvgIpc) is 3.22. The number of aliphatic carboxylic acids is 1. The van der Waals surface area contributed by atoms with E-state index in [1.165, 1.54) is 84.6 Å². The number of amides is 5. The molecule has 4 rings (SSSR count). The Morgan fingerprint density at radius 1 is 0.825 bits per heavy atom. The van der Waals surface area contributed by atoms with Crippen LogP contribution in [0.4, 0.5) is 13.2 Å². The molecule has 0 aliphatic carbocycles. The third kappa shape index (κ3) is 15.7. The zero-order valence-corrected chi connectivity index (χ0v) is 34.2. The Bertz CT molecular complexity index is 2120. The minimum Gasteiger partial charge on any atom is -0.508 e. The van der Waals surface area contributed by atoms with Crippen LogP contribution in [0.1, 0.15) is 54.6 Å². The van der Waals surface area contributed by atoms with E-state index < -0.39 is 71.1 Å². The summed E-state index contributed by atoms with van der Waals surface area (Å²) in [5.74, 6) is -6.04. The number of alkyl halides is 3. The van der Waals surface area contributed by atoms with E-state index in [0.717, 1.165) is 11.8 Å². The summed E-state index contributed by atoms with van der Waals surface area (Å²) in [6, 6.07) is 10.8. The van der Waals surface area contributed by atoms with Crippen molar-refractivity contribution in [3.05, 3.63) is 89.5 Å². The molecule has 3 aromatic carbocycles. The first kappa shape index (κ1) is 50.3. The van der Waals surface area contributed by atoms with Gasteiger partial charge in [0, 0.05) is 25.8 Å². The lowest BCUT2D eigenvalue weighted by Crippen LogP contribution is -2.66. The van der Waals surface area contributed by atoms with Crippen LogP contribution in [0.2, 0.25) is 0 Å². The number of hydrogen-bond acceptors (Lipinski definition) is 13. The number of nitrogens with two attached hydrogens (primary N) is 3. The van der Waals surface area contributed by atoms with Gasteiger partial charge in [0.25, 0.3) is 0 Å². The lowest BCUT2D eigenvalue weighted by Gasteiger charge is -2.43. The molecule has 3 aromatic rings. The molecular weight excluding hydrogens is 860 g/mol. The van der Waals surface area contributed by atoms with Gasteiger partial charge >= 0.3 is 12.1 Å². The van der Waals surface area contributed by atoms with Gasteiger partial charge in [0.05, 0.1) is 6.54 Å². The molecule has 5 amide bonds. The highest BCUT2D eigenvalue weighted by Crippen LogP contribution is 2.33. The first-order valence-electron chi connectivity index (χ1n) is 18.7. The number of carbonyl (C=O) groups excluding carboxylic acids is 6. The number of hydrogen-bond donors (Lipinski definition) is 11. The monoisotopic (exact) mass is 905 g/mol. The van der Waals surface area contributed by atoms with Crippen molar-refractivity contribution in [2.24, 2.45) is 22.2 Å². The van der Waals surface area contributed by atoms with Gasteiger partial charge < -0.3 is 63.8 Å². The second-order valence-corrected chi connectivity index (χ2v) is 14.7. The van der Waals surface area contributed by atoms with Crippen molar-refractivity contribution in [1.82, 2.24) is 26.2 Å². The van der Waals surface area contributed by atoms with Gasteiger partial charge in [-0.05, 0) is 65.9 Å². The van der Waals surface area contributed by atoms with E-state index in [9.17, 15) is 57.3 Å². The van der Waals surface area contributed by atoms with Crippen LogP contribution >= 0.6 is 11.8 Å². The van der Waals surface area contributed by atoms with Gasteiger partial charge in [-0.25, -0.2) is 4.79 Å². The zero-order valence-electron chi connectivity index (χ0n) is 33.4. The number of thioether (sulfide) groups is 1. The van der Waals surface area contributed by atoms with Crippen molar-refractivity contribution in [3.8, 4) is 17.2 Å². The molecule has 0 radical (unpaired) electrons. The van der Waals surface area contributed by atoms with Crippen molar-refractivity contribution in [3.63, 3.8) is 0 Å². The van der Waals surface area contributed by atoms with Crippen molar-refractivity contribution >= 4 is 58.3 Å². The van der Waals surface area contributed by atoms with Crippen LogP contribution in [0.5, 0.6) is 17.2 Å². The summed E-state index contributed by atoms with van der Waals surface area (Å²) in [5, 5.41) is 46.6. The van der Waals surface area contributed by atoms with Gasteiger partial charge in [-0.1, -0.05) is 48.2 Å². The quantitative estimate of drug-likeness (QED) is 0.0354. The molecule has 63 heavy (non-hydrogen) atoms. The molecule has 20 nitrogen and oxygen atoms in total. The van der Waals surface area contributed by atoms with Crippen LogP contribution in [0, 0.1) is 0 Å². The fraction of sp³-hybridized carbons (Fsp3) is 0.333. The molecule has 1 saturated heterocycles. The van der Waals surface area contributed by atoms with Gasteiger partial charge in [-0.3, -0.25) is 33.8 Å². The van der Waals surface area contributed by atoms with Crippen LogP contribution in [0.3, 0.4) is 0 Å². The van der Waals surface area contributed by atoms with Gasteiger partial charge in [-0.15, -0.1) is 0 Å². The molecule has 0 unspecified atom stereocenters. The number of rotatable bonds is 18. The maximum Gasteiger partial charge on any atom is 0.490 e. The minimum absolute atomic E-state index is 0.0200. The predicted octanol–water partition coefficient (Wildman–Crippen LogP) is 0.297. The number of nitrogens with zero attached hydrogens (tertiary/aromatic N) is 2. The summed E-state index contributed by atoms with van der Waals surface area (Å²) in [6.07, 6.45) is -4.83. The average molecular weight is 906 g/mol. The minimum atomic E-state index is -5.08. The Morgan fingerprint density at radius 3 is 1.81 bits per heavy atom. The summed E-state index contributed by atoms with van der Waals surface area (Å²) in [6.45, 7) is 1.61. The smallest absolute Gasteiger partial charge is 0.490 e. The van der Waals surface area contributed by atoms with E-state index in [4.69, 9.17) is 27.1 Å². The molecule has 1 heterocycles. The van der Waals surface area contributed by atoms with E-state index in [2.05, 4.69) is 26.3 Å². The number of nitrogens with one attached hydrogen (secondary N) is 4. The van der Waals surface area contributed by atoms with Crippen LogP contribution in [0.15, 0.2) is 77.8 Å². The molecule has 1 fully saturated rings. The van der Waals surface area contributed by atoms with E-state index in [1.54, 1.807) is 0 Å². The maximum atomic E-state index is 13.9. The van der Waals surface area contributed by atoms with Crippen molar-refractivity contribution < 1.29 is 67.2 Å². The third-order valence-electron chi connectivity index (χ3n) is 8.87. The zero-order chi connectivity index (χ0) is 47.0. The summed E-state index contributed by atoms with van der Waals surface area (Å²) in [7, 11) is 0. The number of carboxylic acid groups (broad SMARTS) is 1. The molecule has 0 bridgehead atoms. The SMILES string of the molecule is CC(=O)NCCSC(=O)[C@@H](c1ccc(O)cc1)N1C[C@H](NC(=O)[C@H](NC(=O)[C@H](CCCN=C(N)N)NC(=O)[C@H](N)c2ccc(O)cc2)c2ccc(O)cc2)C1=O.O=C(O)C(F)(F)F. The molecule has 1 aliphatic rings. The topological polar surface area (TPSA) is 342 Å². The van der Waals surface area contributed by atoms with Gasteiger partial charge in [0.15, 0.2) is 5.96 Å². The first-order chi connectivity index (χ1) is 29.6. The molecule has 0 saturated carbocycles. The van der Waals surface area contributed by atoms with Crippen LogP contribution in [-0.2, 0) is 33.6 Å². The van der Waals surface area contributed by atoms with E-state index in [1.807, 2.05) is 0 Å². The number of phenolic OH excluding ortho intramolecular Hbond substituents is 3. The van der Waals surface area contributed by atoms with E-state index in [0.29, 0.717) is 11.1 Å².